The maximum absolute atomic E-state index is 5.97. The molecule has 0 bridgehead atoms. The van der Waals surface area contributed by atoms with Crippen LogP contribution in [0.2, 0.25) is 0 Å². The molecule has 3 heteroatoms. The molecule has 0 saturated carbocycles. The Hall–Kier alpha value is -0.900. The van der Waals surface area contributed by atoms with Crippen molar-refractivity contribution < 1.29 is 14.2 Å². The van der Waals surface area contributed by atoms with E-state index in [-0.39, 0.29) is 12.4 Å². The lowest BCUT2D eigenvalue weighted by molar-refractivity contribution is -0.109. The minimum absolute atomic E-state index is 0.190. The van der Waals surface area contributed by atoms with E-state index in [0.717, 1.165) is 13.0 Å². The van der Waals surface area contributed by atoms with Gasteiger partial charge in [-0.15, -0.1) is 0 Å². The number of rotatable bonds is 20. The van der Waals surface area contributed by atoms with Gasteiger partial charge < -0.3 is 14.2 Å². The van der Waals surface area contributed by atoms with Crippen molar-refractivity contribution in [1.82, 2.24) is 0 Å². The molecule has 0 amide bonds. The molecule has 2 rings (SSSR count). The van der Waals surface area contributed by atoms with Gasteiger partial charge in [0.05, 0.1) is 25.9 Å². The second-order valence-electron chi connectivity index (χ2n) is 9.26. The predicted molar refractivity (Wildman–Crippen MR) is 130 cm³/mol. The highest BCUT2D eigenvalue weighted by Gasteiger charge is 2.25. The van der Waals surface area contributed by atoms with E-state index in [0.29, 0.717) is 13.2 Å². The zero-order valence-electron chi connectivity index (χ0n) is 20.2. The molecule has 1 fully saturated rings. The first-order valence-electron chi connectivity index (χ1n) is 13.3. The summed E-state index contributed by atoms with van der Waals surface area (Å²) in [5.41, 5.74) is 1.19. The summed E-state index contributed by atoms with van der Waals surface area (Å²) in [5, 5.41) is 0. The lowest BCUT2D eigenvalue weighted by Gasteiger charge is -2.12. The molecule has 1 aliphatic heterocycles. The summed E-state index contributed by atoms with van der Waals surface area (Å²) in [4.78, 5) is 0. The molecule has 0 spiro atoms. The SMILES string of the molecule is CCCCCCCCCCCCCCCCCC1COC(COCc2ccccc2)O1. The maximum Gasteiger partial charge on any atom is 0.181 e. The van der Waals surface area contributed by atoms with Gasteiger partial charge in [0.15, 0.2) is 6.29 Å². The Bertz CT molecular complexity index is 504. The lowest BCUT2D eigenvalue weighted by Crippen LogP contribution is -2.18. The molecule has 0 N–H and O–H groups in total. The summed E-state index contributed by atoms with van der Waals surface area (Å²) in [7, 11) is 0. The summed E-state index contributed by atoms with van der Waals surface area (Å²) >= 11 is 0. The van der Waals surface area contributed by atoms with Gasteiger partial charge >= 0.3 is 0 Å². The molecule has 178 valence electrons. The van der Waals surface area contributed by atoms with Gasteiger partial charge in [-0.3, -0.25) is 0 Å². The molecule has 1 saturated heterocycles. The molecule has 0 aromatic heterocycles. The first-order chi connectivity index (χ1) is 15.4. The largest absolute Gasteiger partial charge is 0.371 e. The highest BCUT2D eigenvalue weighted by Crippen LogP contribution is 2.19. The Kier molecular flexibility index (Phi) is 15.9. The van der Waals surface area contributed by atoms with Gasteiger partial charge in [-0.2, -0.15) is 0 Å². The molecule has 2 unspecified atom stereocenters. The summed E-state index contributed by atoms with van der Waals surface area (Å²) in [6.07, 6.45) is 22.3. The van der Waals surface area contributed by atoms with Crippen molar-refractivity contribution in [1.29, 1.82) is 0 Å². The number of benzene rings is 1. The van der Waals surface area contributed by atoms with Crippen molar-refractivity contribution in [2.24, 2.45) is 0 Å². The predicted octanol–water partition coefficient (Wildman–Crippen LogP) is 8.21. The first-order valence-corrected chi connectivity index (χ1v) is 13.3. The average molecular weight is 433 g/mol. The molecular formula is C28H48O3. The van der Waals surface area contributed by atoms with Crippen molar-refractivity contribution in [2.75, 3.05) is 13.2 Å². The highest BCUT2D eigenvalue weighted by atomic mass is 16.7. The van der Waals surface area contributed by atoms with Crippen LogP contribution in [0.15, 0.2) is 30.3 Å². The van der Waals surface area contributed by atoms with Gasteiger partial charge in [0.1, 0.15) is 0 Å². The number of ether oxygens (including phenoxy) is 3. The molecule has 2 atom stereocenters. The summed E-state index contributed by atoms with van der Waals surface area (Å²) in [6.45, 7) is 4.15. The van der Waals surface area contributed by atoms with E-state index in [1.165, 1.54) is 102 Å². The standard InChI is InChI=1S/C28H48O3/c1-2-3-4-5-6-7-8-9-10-11-12-13-14-15-19-22-27-24-30-28(31-27)25-29-23-26-20-17-16-18-21-26/h16-18,20-21,27-28H,2-15,19,22-25H2,1H3. The zero-order chi connectivity index (χ0) is 21.8. The maximum atomic E-state index is 5.97. The molecule has 31 heavy (non-hydrogen) atoms. The number of unbranched alkanes of at least 4 members (excludes halogenated alkanes) is 14. The molecule has 0 radical (unpaired) electrons. The van der Waals surface area contributed by atoms with Gasteiger partial charge in [0, 0.05) is 0 Å². The van der Waals surface area contributed by atoms with Crippen molar-refractivity contribution in [3.05, 3.63) is 35.9 Å². The number of hydrogen-bond acceptors (Lipinski definition) is 3. The van der Waals surface area contributed by atoms with Crippen LogP contribution in [0, 0.1) is 0 Å². The average Bonchev–Trinajstić information content (AvgIpc) is 3.25. The minimum Gasteiger partial charge on any atom is -0.371 e. The van der Waals surface area contributed by atoms with E-state index in [1.807, 2.05) is 18.2 Å². The molecular weight excluding hydrogens is 384 g/mol. The lowest BCUT2D eigenvalue weighted by atomic mass is 10.0. The van der Waals surface area contributed by atoms with Crippen LogP contribution >= 0.6 is 0 Å². The number of hydrogen-bond donors (Lipinski definition) is 0. The Morgan fingerprint density at radius 2 is 1.29 bits per heavy atom. The first kappa shape index (κ1) is 26.4. The topological polar surface area (TPSA) is 27.7 Å². The van der Waals surface area contributed by atoms with E-state index < -0.39 is 0 Å². The fourth-order valence-corrected chi connectivity index (χ4v) is 4.34. The van der Waals surface area contributed by atoms with Crippen molar-refractivity contribution in [3.8, 4) is 0 Å². The quantitative estimate of drug-likeness (QED) is 0.194. The van der Waals surface area contributed by atoms with Crippen LogP contribution < -0.4 is 0 Å². The van der Waals surface area contributed by atoms with Crippen LogP contribution in [-0.4, -0.2) is 25.6 Å². The third-order valence-corrected chi connectivity index (χ3v) is 6.31. The van der Waals surface area contributed by atoms with E-state index in [2.05, 4.69) is 19.1 Å². The van der Waals surface area contributed by atoms with Crippen LogP contribution in [0.3, 0.4) is 0 Å². The van der Waals surface area contributed by atoms with E-state index >= 15 is 0 Å². The smallest absolute Gasteiger partial charge is 0.181 e. The highest BCUT2D eigenvalue weighted by molar-refractivity contribution is 5.13. The van der Waals surface area contributed by atoms with E-state index in [4.69, 9.17) is 14.2 Å². The van der Waals surface area contributed by atoms with Gasteiger partial charge in [0.2, 0.25) is 0 Å². The van der Waals surface area contributed by atoms with Crippen LogP contribution in [-0.2, 0) is 20.8 Å². The van der Waals surface area contributed by atoms with Crippen LogP contribution in [0.4, 0.5) is 0 Å². The van der Waals surface area contributed by atoms with Gasteiger partial charge in [-0.25, -0.2) is 0 Å². The van der Waals surface area contributed by atoms with E-state index in [9.17, 15) is 0 Å². The third-order valence-electron chi connectivity index (χ3n) is 6.31. The second kappa shape index (κ2) is 18.7. The molecule has 1 aromatic carbocycles. The van der Waals surface area contributed by atoms with E-state index in [1.54, 1.807) is 0 Å². The molecule has 1 aliphatic rings. The Labute approximate surface area is 192 Å². The summed E-state index contributed by atoms with van der Waals surface area (Å²) in [5.74, 6) is 0. The molecule has 1 heterocycles. The van der Waals surface area contributed by atoms with Crippen molar-refractivity contribution in [2.45, 2.75) is 129 Å². The van der Waals surface area contributed by atoms with Gasteiger partial charge in [-0.05, 0) is 12.0 Å². The molecule has 0 aliphatic carbocycles. The monoisotopic (exact) mass is 432 g/mol. The fourth-order valence-electron chi connectivity index (χ4n) is 4.34. The Balaban J connectivity index is 1.30. The molecule has 1 aromatic rings. The second-order valence-corrected chi connectivity index (χ2v) is 9.26. The van der Waals surface area contributed by atoms with Crippen LogP contribution in [0.25, 0.3) is 0 Å². The van der Waals surface area contributed by atoms with Gasteiger partial charge in [0.25, 0.3) is 0 Å². The summed E-state index contributed by atoms with van der Waals surface area (Å²) < 4.78 is 17.4. The van der Waals surface area contributed by atoms with Crippen molar-refractivity contribution >= 4 is 0 Å². The zero-order valence-corrected chi connectivity index (χ0v) is 20.2. The summed E-state index contributed by atoms with van der Waals surface area (Å²) in [6, 6.07) is 10.3. The van der Waals surface area contributed by atoms with Crippen LogP contribution in [0.1, 0.15) is 115 Å². The van der Waals surface area contributed by atoms with Crippen molar-refractivity contribution in [3.63, 3.8) is 0 Å². The minimum atomic E-state index is -0.190. The normalized spacial score (nSPS) is 18.6. The Morgan fingerprint density at radius 3 is 1.87 bits per heavy atom. The molecule has 3 nitrogen and oxygen atoms in total. The fraction of sp³-hybridized carbons (Fsp3) is 0.786. The van der Waals surface area contributed by atoms with Gasteiger partial charge in [-0.1, -0.05) is 134 Å². The Morgan fingerprint density at radius 1 is 0.742 bits per heavy atom. The van der Waals surface area contributed by atoms with Crippen LogP contribution in [0.5, 0.6) is 0 Å². The third kappa shape index (κ3) is 14.0.